The monoisotopic (exact) mass is 740 g/mol. The second-order valence-electron chi connectivity index (χ2n) is 7.21. The zero-order valence-electron chi connectivity index (χ0n) is 19.6. The van der Waals surface area contributed by atoms with Crippen LogP contribution < -0.4 is 0 Å². The lowest BCUT2D eigenvalue weighted by atomic mass is 9.91. The molecule has 224 valence electrons. The molecule has 0 saturated carbocycles. The molecular weight excluding hydrogens is 674 g/mol. The van der Waals surface area contributed by atoms with Crippen LogP contribution in [0.3, 0.4) is 0 Å². The van der Waals surface area contributed by atoms with Crippen LogP contribution in [0.1, 0.15) is 132 Å². The van der Waals surface area contributed by atoms with Gasteiger partial charge in [0.15, 0.2) is 0 Å². The highest BCUT2D eigenvalue weighted by atomic mass is 128. The first-order valence-corrected chi connectivity index (χ1v) is 16.4. The summed E-state index contributed by atoms with van der Waals surface area (Å²) in [5.41, 5.74) is -0.311. The zero-order chi connectivity index (χ0) is 24.0. The summed E-state index contributed by atoms with van der Waals surface area (Å²) in [6.07, 6.45) is 4.45. The molecule has 0 heterocycles. The van der Waals surface area contributed by atoms with Crippen molar-refractivity contribution in [2.45, 2.75) is 132 Å². The van der Waals surface area contributed by atoms with Crippen LogP contribution in [0.4, 0.5) is 0 Å². The summed E-state index contributed by atoms with van der Waals surface area (Å²) in [7, 11) is 1.42. The summed E-state index contributed by atoms with van der Waals surface area (Å²) in [6.45, 7) is 15.8. The van der Waals surface area contributed by atoms with Crippen molar-refractivity contribution in [3.63, 3.8) is 0 Å². The van der Waals surface area contributed by atoms with Gasteiger partial charge >= 0.3 is 17.9 Å². The third kappa shape index (κ3) is 44.3. The number of carboxylic acid groups (broad SMARTS) is 1. The number of carbonyl (C=O) groups excluding carboxylic acids is 2. The van der Waals surface area contributed by atoms with E-state index in [9.17, 15) is 14.4 Å². The van der Waals surface area contributed by atoms with E-state index in [1.54, 1.807) is 6.92 Å². The van der Waals surface area contributed by atoms with E-state index >= 15 is 0 Å². The van der Waals surface area contributed by atoms with Crippen molar-refractivity contribution in [1.82, 2.24) is 0 Å². The number of ether oxygens (including phenoxy) is 2. The van der Waals surface area contributed by atoms with Gasteiger partial charge in [0, 0.05) is 37.2 Å². The smallest absolute Gasteiger partial charge is 0.311 e. The SMILES string of the molecule is C.C.C.C.C.C.CCC(C)(C)C(=O)OC.CCC(C)C(=O)O.CCCCOC(=O)C(C)CC.II. The predicted molar refractivity (Wildman–Crippen MR) is 177 cm³/mol. The molecule has 0 aliphatic carbocycles. The predicted octanol–water partition coefficient (Wildman–Crippen LogP) is 10.7. The van der Waals surface area contributed by atoms with Crippen LogP contribution in [0.15, 0.2) is 0 Å². The molecule has 6 nitrogen and oxygen atoms in total. The van der Waals surface area contributed by atoms with Crippen LogP contribution in [0.5, 0.6) is 0 Å². The molecule has 0 amide bonds. The molecule has 1 N–H and O–H groups in total. The summed E-state index contributed by atoms with van der Waals surface area (Å²) in [5, 5.41) is 8.18. The van der Waals surface area contributed by atoms with E-state index in [1.165, 1.54) is 7.11 Å². The number of esters is 2. The number of methoxy groups -OCH3 is 1. The Balaban J connectivity index is -0.0000000303. The summed E-state index contributed by atoms with van der Waals surface area (Å²) in [4.78, 5) is 31.8. The Hall–Kier alpha value is -0.130. The van der Waals surface area contributed by atoms with Crippen molar-refractivity contribution in [3.05, 3.63) is 0 Å². The minimum absolute atomic E-state index is 0. The van der Waals surface area contributed by atoms with E-state index < -0.39 is 5.97 Å². The quantitative estimate of drug-likeness (QED) is 0.144. The standard InChI is InChI=1S/C9H18O2.C7H14O2.C5H10O2.6CH4.I2/c1-4-6-7-11-9(10)8(3)5-2;1-5-7(2,3)6(8)9-4;1-3-4(2)5(6)7;;;;;;;1-2/h8H,4-7H2,1-3H3;5H2,1-4H3;4H,3H2,1-2H3,(H,6,7);6*1H4;. The fraction of sp³-hybridized carbons (Fsp3) is 0.889. The van der Waals surface area contributed by atoms with Crippen LogP contribution in [-0.2, 0) is 23.9 Å². The molecule has 0 bridgehead atoms. The van der Waals surface area contributed by atoms with Crippen LogP contribution in [-0.4, -0.2) is 36.7 Å². The van der Waals surface area contributed by atoms with E-state index in [0.717, 1.165) is 32.1 Å². The Morgan fingerprint density at radius 3 is 1.37 bits per heavy atom. The third-order valence-electron chi connectivity index (χ3n) is 4.41. The third-order valence-corrected chi connectivity index (χ3v) is 4.41. The molecule has 8 heteroatoms. The van der Waals surface area contributed by atoms with Crippen molar-refractivity contribution in [2.24, 2.45) is 17.3 Å². The van der Waals surface area contributed by atoms with Gasteiger partial charge < -0.3 is 14.6 Å². The number of hydrogen-bond acceptors (Lipinski definition) is 5. The fourth-order valence-electron chi connectivity index (χ4n) is 1.22. The summed E-state index contributed by atoms with van der Waals surface area (Å²) in [6, 6.07) is 0. The maximum Gasteiger partial charge on any atom is 0.311 e. The van der Waals surface area contributed by atoms with E-state index in [-0.39, 0.29) is 73.7 Å². The molecule has 0 aromatic carbocycles. The number of carbonyl (C=O) groups is 3. The molecule has 0 fully saturated rings. The molecule has 0 saturated heterocycles. The normalized spacial score (nSPS) is 9.69. The summed E-state index contributed by atoms with van der Waals surface area (Å²) < 4.78 is 9.56. The average Bonchev–Trinajstić information content (AvgIpc) is 2.73. The molecule has 0 radical (unpaired) electrons. The number of hydrogen-bond donors (Lipinski definition) is 1. The van der Waals surface area contributed by atoms with Gasteiger partial charge in [-0.05, 0) is 39.5 Å². The molecule has 0 aromatic rings. The molecule has 2 atom stereocenters. The molecule has 35 heavy (non-hydrogen) atoms. The first kappa shape index (κ1) is 64.7. The second kappa shape index (κ2) is 43.9. The molecule has 0 aliphatic rings. The summed E-state index contributed by atoms with van der Waals surface area (Å²) >= 11 is 4.24. The molecule has 0 spiro atoms. The lowest BCUT2D eigenvalue weighted by molar-refractivity contribution is -0.151. The van der Waals surface area contributed by atoms with Crippen molar-refractivity contribution >= 4 is 55.1 Å². The van der Waals surface area contributed by atoms with Crippen molar-refractivity contribution < 1.29 is 29.0 Å². The fourth-order valence-corrected chi connectivity index (χ4v) is 1.22. The molecule has 0 aliphatic heterocycles. The van der Waals surface area contributed by atoms with Gasteiger partial charge in [-0.3, -0.25) is 14.4 Å². The van der Waals surface area contributed by atoms with E-state index in [0.29, 0.717) is 6.61 Å². The Labute approximate surface area is 245 Å². The lowest BCUT2D eigenvalue weighted by Gasteiger charge is -2.17. The highest BCUT2D eigenvalue weighted by Gasteiger charge is 2.25. The number of unbranched alkanes of at least 4 members (excludes halogenated alkanes) is 1. The van der Waals surface area contributed by atoms with Gasteiger partial charge in [0.1, 0.15) is 0 Å². The maximum absolute atomic E-state index is 11.0. The Kier molecular flexibility index (Phi) is 81.1. The zero-order valence-corrected chi connectivity index (χ0v) is 24.0. The highest BCUT2D eigenvalue weighted by Crippen LogP contribution is 2.20. The average molecular weight is 741 g/mol. The first-order chi connectivity index (χ1) is 13.4. The number of rotatable bonds is 9. The van der Waals surface area contributed by atoms with Gasteiger partial charge in [-0.15, -0.1) is 0 Å². The van der Waals surface area contributed by atoms with E-state index in [2.05, 4.69) is 48.9 Å². The van der Waals surface area contributed by atoms with Gasteiger partial charge in [-0.2, -0.15) is 0 Å². The minimum Gasteiger partial charge on any atom is -0.481 e. The maximum atomic E-state index is 11.0. The van der Waals surface area contributed by atoms with Gasteiger partial charge in [0.05, 0.1) is 31.0 Å². The lowest BCUT2D eigenvalue weighted by Crippen LogP contribution is -2.24. The molecule has 0 aromatic heterocycles. The molecule has 0 rings (SSSR count). The van der Waals surface area contributed by atoms with Crippen molar-refractivity contribution in [1.29, 1.82) is 0 Å². The Morgan fingerprint density at radius 1 is 0.829 bits per heavy atom. The molecular formula is C27H66I2O6. The van der Waals surface area contributed by atoms with Crippen LogP contribution in [0.2, 0.25) is 0 Å². The number of carboxylic acids is 1. The van der Waals surface area contributed by atoms with E-state index in [4.69, 9.17) is 9.84 Å². The van der Waals surface area contributed by atoms with Gasteiger partial charge in [0.25, 0.3) is 0 Å². The Morgan fingerprint density at radius 2 is 1.20 bits per heavy atom. The Bertz CT molecular complexity index is 416. The van der Waals surface area contributed by atoms with Crippen molar-refractivity contribution in [2.75, 3.05) is 13.7 Å². The van der Waals surface area contributed by atoms with Crippen molar-refractivity contribution in [3.8, 4) is 0 Å². The van der Waals surface area contributed by atoms with E-state index in [1.807, 2.05) is 41.5 Å². The highest BCUT2D eigenvalue weighted by molar-refractivity contribution is 15.0. The van der Waals surface area contributed by atoms with Crippen LogP contribution in [0, 0.1) is 17.3 Å². The van der Waals surface area contributed by atoms with Gasteiger partial charge in [-0.1, -0.05) is 92.5 Å². The van der Waals surface area contributed by atoms with Gasteiger partial charge in [0.2, 0.25) is 0 Å². The van der Waals surface area contributed by atoms with Crippen LogP contribution >= 0.6 is 37.2 Å². The summed E-state index contributed by atoms with van der Waals surface area (Å²) in [5.74, 6) is -1.01. The number of halogens is 2. The van der Waals surface area contributed by atoms with Crippen LogP contribution in [0.25, 0.3) is 0 Å². The minimum atomic E-state index is -0.706. The second-order valence-corrected chi connectivity index (χ2v) is 7.21. The first-order valence-electron chi connectivity index (χ1n) is 10.1. The van der Waals surface area contributed by atoms with Gasteiger partial charge in [-0.25, -0.2) is 0 Å². The number of aliphatic carboxylic acids is 1. The topological polar surface area (TPSA) is 89.9 Å². The largest absolute Gasteiger partial charge is 0.481 e. The molecule has 2 unspecified atom stereocenters.